The Morgan fingerprint density at radius 3 is 2.85 bits per heavy atom. The Labute approximate surface area is 78.6 Å². The summed E-state index contributed by atoms with van der Waals surface area (Å²) in [7, 11) is 0. The Hall–Kier alpha value is -0.630. The van der Waals surface area contributed by atoms with Gasteiger partial charge < -0.3 is 5.11 Å². The van der Waals surface area contributed by atoms with Gasteiger partial charge in [-0.2, -0.15) is 0 Å². The number of aliphatic hydroxyl groups is 1. The molecule has 1 saturated carbocycles. The maximum atomic E-state index is 11.4. The topological polar surface area (TPSA) is 37.3 Å². The fourth-order valence-corrected chi connectivity index (χ4v) is 2.55. The van der Waals surface area contributed by atoms with Crippen molar-refractivity contribution in [1.82, 2.24) is 0 Å². The lowest BCUT2D eigenvalue weighted by atomic mass is 9.94. The molecule has 2 heteroatoms. The van der Waals surface area contributed by atoms with Crippen molar-refractivity contribution in [3.63, 3.8) is 0 Å². The number of ketones is 1. The van der Waals surface area contributed by atoms with Crippen molar-refractivity contribution in [3.05, 3.63) is 11.1 Å². The smallest absolute Gasteiger partial charge is 0.133 e. The van der Waals surface area contributed by atoms with Crippen LogP contribution in [-0.4, -0.2) is 17.0 Å². The Balaban J connectivity index is 2.28. The molecule has 0 radical (unpaired) electrons. The molecule has 2 aliphatic carbocycles. The molecule has 2 atom stereocenters. The first-order chi connectivity index (χ1) is 6.18. The minimum absolute atomic E-state index is 0.162. The molecule has 2 rings (SSSR count). The maximum absolute atomic E-state index is 11.4. The van der Waals surface area contributed by atoms with Gasteiger partial charge in [-0.25, -0.2) is 0 Å². The first kappa shape index (κ1) is 8.95. The van der Waals surface area contributed by atoms with Gasteiger partial charge in [0.25, 0.3) is 0 Å². The largest absolute Gasteiger partial charge is 0.392 e. The summed E-state index contributed by atoms with van der Waals surface area (Å²) in [5.41, 5.74) is 2.73. The molecular weight excluding hydrogens is 164 g/mol. The highest BCUT2D eigenvalue weighted by Gasteiger charge is 2.34. The van der Waals surface area contributed by atoms with Gasteiger partial charge in [-0.05, 0) is 26.2 Å². The zero-order valence-electron chi connectivity index (χ0n) is 8.05. The van der Waals surface area contributed by atoms with E-state index in [1.54, 1.807) is 0 Å². The fourth-order valence-electron chi connectivity index (χ4n) is 2.55. The average Bonchev–Trinajstić information content (AvgIpc) is 2.37. The summed E-state index contributed by atoms with van der Waals surface area (Å²) in [5, 5.41) is 9.70. The lowest BCUT2D eigenvalue weighted by Crippen LogP contribution is -2.17. The highest BCUT2D eigenvalue weighted by atomic mass is 16.3. The summed E-state index contributed by atoms with van der Waals surface area (Å²) in [6.45, 7) is 2.11. The molecule has 0 aromatic rings. The van der Waals surface area contributed by atoms with Crippen molar-refractivity contribution < 1.29 is 9.90 Å². The molecule has 0 bridgehead atoms. The van der Waals surface area contributed by atoms with E-state index in [0.29, 0.717) is 18.6 Å². The van der Waals surface area contributed by atoms with Crippen LogP contribution in [0, 0.1) is 5.92 Å². The number of carbonyl (C=O) groups excluding carboxylic acids is 1. The molecular formula is C11H16O2. The third-order valence-electron chi connectivity index (χ3n) is 3.40. The van der Waals surface area contributed by atoms with Crippen LogP contribution in [0.1, 0.15) is 39.0 Å². The second-order valence-electron chi connectivity index (χ2n) is 4.26. The third-order valence-corrected chi connectivity index (χ3v) is 3.40. The molecule has 0 aliphatic heterocycles. The van der Waals surface area contributed by atoms with Gasteiger partial charge in [0.15, 0.2) is 0 Å². The molecule has 0 unspecified atom stereocenters. The molecule has 0 amide bonds. The highest BCUT2D eigenvalue weighted by molar-refractivity contribution is 5.80. The Kier molecular flexibility index (Phi) is 2.24. The van der Waals surface area contributed by atoms with E-state index in [9.17, 15) is 9.90 Å². The van der Waals surface area contributed by atoms with Crippen LogP contribution in [0.3, 0.4) is 0 Å². The van der Waals surface area contributed by atoms with Gasteiger partial charge in [-0.15, -0.1) is 0 Å². The van der Waals surface area contributed by atoms with Gasteiger partial charge in [0.1, 0.15) is 5.78 Å². The molecule has 0 spiro atoms. The number of hydrogen-bond donors (Lipinski definition) is 1. The predicted octanol–water partition coefficient (Wildman–Crippen LogP) is 1.83. The summed E-state index contributed by atoms with van der Waals surface area (Å²) in [5.74, 6) is 0.482. The van der Waals surface area contributed by atoms with Gasteiger partial charge in [-0.3, -0.25) is 4.79 Å². The second kappa shape index (κ2) is 3.26. The average molecular weight is 180 g/mol. The van der Waals surface area contributed by atoms with Crippen LogP contribution in [0.4, 0.5) is 0 Å². The molecule has 0 saturated heterocycles. The summed E-state index contributed by atoms with van der Waals surface area (Å²) in [6.07, 6.45) is 3.77. The first-order valence-electron chi connectivity index (χ1n) is 5.07. The number of allylic oxidation sites excluding steroid dienone is 1. The third kappa shape index (κ3) is 1.55. The van der Waals surface area contributed by atoms with Crippen LogP contribution in [0.15, 0.2) is 11.1 Å². The van der Waals surface area contributed by atoms with Crippen molar-refractivity contribution in [2.75, 3.05) is 0 Å². The van der Waals surface area contributed by atoms with Crippen LogP contribution >= 0.6 is 0 Å². The van der Waals surface area contributed by atoms with Crippen molar-refractivity contribution in [2.24, 2.45) is 5.92 Å². The molecule has 2 aliphatic rings. The Morgan fingerprint density at radius 2 is 2.08 bits per heavy atom. The highest BCUT2D eigenvalue weighted by Crippen LogP contribution is 2.39. The summed E-state index contributed by atoms with van der Waals surface area (Å²) in [4.78, 5) is 11.4. The van der Waals surface area contributed by atoms with Crippen molar-refractivity contribution >= 4 is 5.78 Å². The quantitative estimate of drug-likeness (QED) is 0.577. The summed E-state index contributed by atoms with van der Waals surface area (Å²) >= 11 is 0. The summed E-state index contributed by atoms with van der Waals surface area (Å²) < 4.78 is 0. The van der Waals surface area contributed by atoms with E-state index in [1.807, 2.05) is 0 Å². The standard InChI is InChI=1S/C11H16O2/c1-7-2-3-8(12)6-10-9(7)4-5-11(10)13/h10-11,13H,2-6H2,1H3/t10-,11+/m0/s1. The van der Waals surface area contributed by atoms with E-state index in [2.05, 4.69) is 6.92 Å². The lowest BCUT2D eigenvalue weighted by molar-refractivity contribution is -0.120. The van der Waals surface area contributed by atoms with Gasteiger partial charge in [0.2, 0.25) is 0 Å². The molecule has 0 heterocycles. The van der Waals surface area contributed by atoms with Crippen molar-refractivity contribution in [3.8, 4) is 0 Å². The van der Waals surface area contributed by atoms with Crippen LogP contribution in [0.25, 0.3) is 0 Å². The number of fused-ring (bicyclic) bond motifs is 1. The number of rotatable bonds is 0. The van der Waals surface area contributed by atoms with E-state index in [0.717, 1.165) is 19.3 Å². The zero-order chi connectivity index (χ0) is 9.42. The minimum atomic E-state index is -0.257. The Bertz CT molecular complexity index is 265. The second-order valence-corrected chi connectivity index (χ2v) is 4.26. The van der Waals surface area contributed by atoms with Crippen LogP contribution in [0.2, 0.25) is 0 Å². The SMILES string of the molecule is CC1=C2CC[C@@H](O)[C@H]2CC(=O)CC1. The summed E-state index contributed by atoms with van der Waals surface area (Å²) in [6, 6.07) is 0. The monoisotopic (exact) mass is 180 g/mol. The van der Waals surface area contributed by atoms with E-state index in [4.69, 9.17) is 0 Å². The molecule has 2 nitrogen and oxygen atoms in total. The molecule has 72 valence electrons. The van der Waals surface area contributed by atoms with E-state index in [-0.39, 0.29) is 12.0 Å². The minimum Gasteiger partial charge on any atom is -0.392 e. The fraction of sp³-hybridized carbons (Fsp3) is 0.727. The van der Waals surface area contributed by atoms with Crippen molar-refractivity contribution in [1.29, 1.82) is 0 Å². The normalized spacial score (nSPS) is 34.8. The van der Waals surface area contributed by atoms with Crippen LogP contribution in [-0.2, 0) is 4.79 Å². The Morgan fingerprint density at radius 1 is 1.31 bits per heavy atom. The maximum Gasteiger partial charge on any atom is 0.133 e. The molecule has 0 aromatic carbocycles. The van der Waals surface area contributed by atoms with Crippen LogP contribution < -0.4 is 0 Å². The van der Waals surface area contributed by atoms with Gasteiger partial charge in [0.05, 0.1) is 6.10 Å². The van der Waals surface area contributed by atoms with E-state index < -0.39 is 0 Å². The number of hydrogen-bond acceptors (Lipinski definition) is 2. The lowest BCUT2D eigenvalue weighted by Gasteiger charge is -2.14. The first-order valence-corrected chi connectivity index (χ1v) is 5.07. The molecule has 0 aromatic heterocycles. The number of carbonyl (C=O) groups is 1. The number of aliphatic hydroxyl groups excluding tert-OH is 1. The predicted molar refractivity (Wildman–Crippen MR) is 50.3 cm³/mol. The number of Topliss-reactive ketones (excluding diaryl/α,β-unsaturated/α-hetero) is 1. The zero-order valence-corrected chi connectivity index (χ0v) is 8.05. The van der Waals surface area contributed by atoms with Gasteiger partial charge in [-0.1, -0.05) is 11.1 Å². The van der Waals surface area contributed by atoms with Gasteiger partial charge in [0, 0.05) is 18.8 Å². The van der Waals surface area contributed by atoms with Crippen molar-refractivity contribution in [2.45, 2.75) is 45.1 Å². The van der Waals surface area contributed by atoms with Crippen LogP contribution in [0.5, 0.6) is 0 Å². The van der Waals surface area contributed by atoms with E-state index in [1.165, 1.54) is 11.1 Å². The molecule has 1 N–H and O–H groups in total. The molecule has 1 fully saturated rings. The van der Waals surface area contributed by atoms with E-state index >= 15 is 0 Å². The molecule has 13 heavy (non-hydrogen) atoms. The van der Waals surface area contributed by atoms with Gasteiger partial charge >= 0.3 is 0 Å².